The van der Waals surface area contributed by atoms with Crippen molar-refractivity contribution in [1.29, 1.82) is 0 Å². The number of hydrogen-bond acceptors (Lipinski definition) is 2. The van der Waals surface area contributed by atoms with Crippen LogP contribution >= 0.6 is 11.6 Å². The fourth-order valence-corrected chi connectivity index (χ4v) is 2.15. The SMILES string of the molecule is N[C@H]1CCCN(C(=O)Nc2cc(F)ccc2Cl)C1. The molecule has 0 bridgehead atoms. The first-order valence-electron chi connectivity index (χ1n) is 5.83. The molecule has 1 aromatic carbocycles. The van der Waals surface area contributed by atoms with Gasteiger partial charge in [-0.25, -0.2) is 9.18 Å². The Morgan fingerprint density at radius 3 is 3.06 bits per heavy atom. The van der Waals surface area contributed by atoms with Gasteiger partial charge in [0.15, 0.2) is 0 Å². The predicted molar refractivity (Wildman–Crippen MR) is 69.2 cm³/mol. The monoisotopic (exact) mass is 271 g/mol. The smallest absolute Gasteiger partial charge is 0.321 e. The van der Waals surface area contributed by atoms with Crippen molar-refractivity contribution in [2.24, 2.45) is 5.73 Å². The van der Waals surface area contributed by atoms with Gasteiger partial charge in [0.1, 0.15) is 5.82 Å². The third-order valence-corrected chi connectivity index (χ3v) is 3.24. The number of anilines is 1. The Labute approximate surface area is 110 Å². The van der Waals surface area contributed by atoms with E-state index in [-0.39, 0.29) is 17.8 Å². The highest BCUT2D eigenvalue weighted by atomic mass is 35.5. The van der Waals surface area contributed by atoms with Crippen LogP contribution in [-0.2, 0) is 0 Å². The minimum Gasteiger partial charge on any atom is -0.326 e. The van der Waals surface area contributed by atoms with Crippen LogP contribution in [0.3, 0.4) is 0 Å². The van der Waals surface area contributed by atoms with Gasteiger partial charge in [-0.1, -0.05) is 11.6 Å². The molecule has 1 saturated heterocycles. The molecule has 1 heterocycles. The molecule has 2 amide bonds. The van der Waals surface area contributed by atoms with Gasteiger partial charge in [0, 0.05) is 19.1 Å². The molecule has 4 nitrogen and oxygen atoms in total. The second kappa shape index (κ2) is 5.54. The Morgan fingerprint density at radius 2 is 2.33 bits per heavy atom. The standard InChI is InChI=1S/C12H15ClFN3O/c13-10-4-3-8(14)6-11(10)16-12(18)17-5-1-2-9(15)7-17/h3-4,6,9H,1-2,5,7,15H2,(H,16,18)/t9-/m0/s1. The highest BCUT2D eigenvalue weighted by Gasteiger charge is 2.21. The van der Waals surface area contributed by atoms with Gasteiger partial charge < -0.3 is 16.0 Å². The van der Waals surface area contributed by atoms with E-state index in [0.29, 0.717) is 18.1 Å². The number of carbonyl (C=O) groups excluding carboxylic acids is 1. The number of hydrogen-bond donors (Lipinski definition) is 2. The minimum absolute atomic E-state index is 0.00693. The molecule has 1 fully saturated rings. The fourth-order valence-electron chi connectivity index (χ4n) is 1.98. The van der Waals surface area contributed by atoms with Crippen molar-refractivity contribution in [3.8, 4) is 0 Å². The van der Waals surface area contributed by atoms with E-state index in [4.69, 9.17) is 17.3 Å². The van der Waals surface area contributed by atoms with Gasteiger partial charge in [-0.05, 0) is 31.0 Å². The summed E-state index contributed by atoms with van der Waals surface area (Å²) in [5.41, 5.74) is 6.08. The lowest BCUT2D eigenvalue weighted by Gasteiger charge is -2.30. The van der Waals surface area contributed by atoms with Crippen LogP contribution in [0.5, 0.6) is 0 Å². The van der Waals surface area contributed by atoms with E-state index >= 15 is 0 Å². The first-order chi connectivity index (χ1) is 8.56. The molecule has 0 radical (unpaired) electrons. The molecule has 2 rings (SSSR count). The molecule has 0 unspecified atom stereocenters. The number of rotatable bonds is 1. The Kier molecular flexibility index (Phi) is 4.04. The van der Waals surface area contributed by atoms with E-state index in [1.807, 2.05) is 0 Å². The lowest BCUT2D eigenvalue weighted by Crippen LogP contribution is -2.47. The Hall–Kier alpha value is -1.33. The van der Waals surface area contributed by atoms with Crippen LogP contribution in [0, 0.1) is 5.82 Å². The van der Waals surface area contributed by atoms with Crippen molar-refractivity contribution in [2.45, 2.75) is 18.9 Å². The van der Waals surface area contributed by atoms with E-state index in [2.05, 4.69) is 5.32 Å². The summed E-state index contributed by atoms with van der Waals surface area (Å²) in [7, 11) is 0. The van der Waals surface area contributed by atoms with Gasteiger partial charge in [0.25, 0.3) is 0 Å². The van der Waals surface area contributed by atoms with E-state index in [0.717, 1.165) is 12.8 Å². The molecule has 0 spiro atoms. The summed E-state index contributed by atoms with van der Waals surface area (Å²) in [4.78, 5) is 13.6. The van der Waals surface area contributed by atoms with Gasteiger partial charge in [-0.3, -0.25) is 0 Å². The number of urea groups is 1. The lowest BCUT2D eigenvalue weighted by molar-refractivity contribution is 0.193. The zero-order valence-corrected chi connectivity index (χ0v) is 10.6. The van der Waals surface area contributed by atoms with Crippen LogP contribution in [0.4, 0.5) is 14.9 Å². The van der Waals surface area contributed by atoms with E-state index in [1.165, 1.54) is 18.2 Å². The molecular weight excluding hydrogens is 257 g/mol. The first-order valence-corrected chi connectivity index (χ1v) is 6.20. The van der Waals surface area contributed by atoms with Crippen molar-refractivity contribution in [3.05, 3.63) is 29.0 Å². The summed E-state index contributed by atoms with van der Waals surface area (Å²) in [6.07, 6.45) is 1.80. The largest absolute Gasteiger partial charge is 0.326 e. The van der Waals surface area contributed by atoms with Crippen LogP contribution in [0.25, 0.3) is 0 Å². The van der Waals surface area contributed by atoms with Crippen LogP contribution < -0.4 is 11.1 Å². The van der Waals surface area contributed by atoms with Crippen molar-refractivity contribution < 1.29 is 9.18 Å². The number of carbonyl (C=O) groups is 1. The summed E-state index contributed by atoms with van der Waals surface area (Å²) in [5, 5.41) is 2.91. The van der Waals surface area contributed by atoms with Gasteiger partial charge in [-0.2, -0.15) is 0 Å². The zero-order chi connectivity index (χ0) is 13.1. The summed E-state index contributed by atoms with van der Waals surface area (Å²) in [5.74, 6) is -0.440. The highest BCUT2D eigenvalue weighted by molar-refractivity contribution is 6.33. The molecule has 1 aliphatic rings. The van der Waals surface area contributed by atoms with Crippen molar-refractivity contribution in [1.82, 2.24) is 4.90 Å². The maximum Gasteiger partial charge on any atom is 0.321 e. The molecule has 98 valence electrons. The molecule has 0 aromatic heterocycles. The number of nitrogens with zero attached hydrogens (tertiary/aromatic N) is 1. The number of amides is 2. The second-order valence-corrected chi connectivity index (χ2v) is 4.81. The average Bonchev–Trinajstić information content (AvgIpc) is 2.34. The summed E-state index contributed by atoms with van der Waals surface area (Å²) in [6, 6.07) is 3.57. The fraction of sp³-hybridized carbons (Fsp3) is 0.417. The van der Waals surface area contributed by atoms with Gasteiger partial charge >= 0.3 is 6.03 Å². The lowest BCUT2D eigenvalue weighted by atomic mass is 10.1. The molecule has 3 N–H and O–H groups in total. The number of nitrogens with one attached hydrogen (secondary N) is 1. The maximum absolute atomic E-state index is 13.1. The normalized spacial score (nSPS) is 19.7. The number of benzene rings is 1. The van der Waals surface area contributed by atoms with Crippen molar-refractivity contribution in [2.75, 3.05) is 18.4 Å². The molecule has 6 heteroatoms. The maximum atomic E-state index is 13.1. The van der Waals surface area contributed by atoms with Gasteiger partial charge in [0.05, 0.1) is 10.7 Å². The highest BCUT2D eigenvalue weighted by Crippen LogP contribution is 2.23. The van der Waals surface area contributed by atoms with Gasteiger partial charge in [-0.15, -0.1) is 0 Å². The average molecular weight is 272 g/mol. The Balaban J connectivity index is 2.04. The summed E-state index contributed by atoms with van der Waals surface area (Å²) < 4.78 is 13.1. The van der Waals surface area contributed by atoms with Gasteiger partial charge in [0.2, 0.25) is 0 Å². The van der Waals surface area contributed by atoms with E-state index < -0.39 is 5.82 Å². The molecule has 0 saturated carbocycles. The topological polar surface area (TPSA) is 58.4 Å². The molecule has 1 aliphatic heterocycles. The van der Waals surface area contributed by atoms with Crippen LogP contribution in [0.15, 0.2) is 18.2 Å². The molecule has 18 heavy (non-hydrogen) atoms. The number of halogens is 2. The Bertz CT molecular complexity index is 455. The third kappa shape index (κ3) is 3.11. The number of piperidine rings is 1. The number of nitrogens with two attached hydrogens (primary N) is 1. The molecule has 0 aliphatic carbocycles. The summed E-state index contributed by atoms with van der Waals surface area (Å²) in [6.45, 7) is 1.17. The molecule has 1 aromatic rings. The predicted octanol–water partition coefficient (Wildman–Crippen LogP) is 2.43. The van der Waals surface area contributed by atoms with Crippen LogP contribution in [0.2, 0.25) is 5.02 Å². The third-order valence-electron chi connectivity index (χ3n) is 2.92. The van der Waals surface area contributed by atoms with Crippen molar-refractivity contribution in [3.63, 3.8) is 0 Å². The number of likely N-dealkylation sites (tertiary alicyclic amines) is 1. The quantitative estimate of drug-likeness (QED) is 0.824. The molecular formula is C12H15ClFN3O. The molecule has 1 atom stereocenters. The van der Waals surface area contributed by atoms with Crippen LogP contribution in [0.1, 0.15) is 12.8 Å². The van der Waals surface area contributed by atoms with E-state index in [9.17, 15) is 9.18 Å². The Morgan fingerprint density at radius 1 is 1.56 bits per heavy atom. The van der Waals surface area contributed by atoms with Crippen LogP contribution in [-0.4, -0.2) is 30.1 Å². The first kappa shape index (κ1) is 13.1. The van der Waals surface area contributed by atoms with E-state index in [1.54, 1.807) is 4.90 Å². The van der Waals surface area contributed by atoms with Crippen molar-refractivity contribution >= 4 is 23.3 Å². The second-order valence-electron chi connectivity index (χ2n) is 4.40. The summed E-state index contributed by atoms with van der Waals surface area (Å²) >= 11 is 5.88. The minimum atomic E-state index is -0.440. The zero-order valence-electron chi connectivity index (χ0n) is 9.83.